The Kier molecular flexibility index (Phi) is 5.53. The molecular weight excluding hydrogens is 332 g/mol. The van der Waals surface area contributed by atoms with Crippen LogP contribution < -0.4 is 15.2 Å². The van der Waals surface area contributed by atoms with Crippen molar-refractivity contribution >= 4 is 23.6 Å². The Balaban J connectivity index is 1.93. The van der Waals surface area contributed by atoms with Crippen molar-refractivity contribution in [2.24, 2.45) is 5.14 Å². The van der Waals surface area contributed by atoms with Crippen molar-refractivity contribution in [3.63, 3.8) is 0 Å². The average Bonchev–Trinajstić information content (AvgIpc) is 2.64. The van der Waals surface area contributed by atoms with E-state index in [0.29, 0.717) is 5.95 Å². The van der Waals surface area contributed by atoms with Gasteiger partial charge in [-0.3, -0.25) is 5.14 Å². The van der Waals surface area contributed by atoms with Gasteiger partial charge < -0.3 is 10.1 Å². The molecule has 0 atom stereocenters. The van der Waals surface area contributed by atoms with E-state index in [0.717, 1.165) is 39.6 Å². The van der Waals surface area contributed by atoms with Crippen LogP contribution in [0.25, 0.3) is 11.3 Å². The molecule has 3 rings (SSSR count). The first-order chi connectivity index (χ1) is 12.2. The fourth-order valence-electron chi connectivity index (χ4n) is 2.58. The smallest absolute Gasteiger partial charge is 0.227 e. The van der Waals surface area contributed by atoms with Crippen LogP contribution >= 0.6 is 11.9 Å². The summed E-state index contributed by atoms with van der Waals surface area (Å²) in [5, 5.41) is 8.82. The highest BCUT2D eigenvalue weighted by molar-refractivity contribution is 7.96. The van der Waals surface area contributed by atoms with Gasteiger partial charge in [0.2, 0.25) is 5.95 Å². The highest BCUT2D eigenvalue weighted by Crippen LogP contribution is 2.31. The third-order valence-corrected chi connectivity index (χ3v) is 4.27. The van der Waals surface area contributed by atoms with Crippen molar-refractivity contribution in [1.82, 2.24) is 9.97 Å². The maximum absolute atomic E-state index is 5.55. The highest BCUT2D eigenvalue weighted by Gasteiger charge is 2.11. The Hall–Kier alpha value is -2.57. The molecule has 1 aromatic heterocycles. The summed E-state index contributed by atoms with van der Waals surface area (Å²) in [7, 11) is 1.66. The van der Waals surface area contributed by atoms with Gasteiger partial charge in [-0.2, -0.15) is 0 Å². The van der Waals surface area contributed by atoms with Gasteiger partial charge in [0.15, 0.2) is 0 Å². The lowest BCUT2D eigenvalue weighted by molar-refractivity contribution is 0.416. The van der Waals surface area contributed by atoms with Crippen molar-refractivity contribution in [1.29, 1.82) is 0 Å². The minimum Gasteiger partial charge on any atom is -0.496 e. The minimum absolute atomic E-state index is 0.545. The number of rotatable bonds is 6. The van der Waals surface area contributed by atoms with Crippen LogP contribution in [0.1, 0.15) is 11.1 Å². The number of hydrogen-bond donors (Lipinski definition) is 2. The Morgan fingerprint density at radius 2 is 2.00 bits per heavy atom. The molecule has 25 heavy (non-hydrogen) atoms. The van der Waals surface area contributed by atoms with Gasteiger partial charge in [0.1, 0.15) is 5.75 Å². The zero-order chi connectivity index (χ0) is 17.6. The van der Waals surface area contributed by atoms with E-state index in [-0.39, 0.29) is 0 Å². The van der Waals surface area contributed by atoms with Crippen molar-refractivity contribution in [3.8, 4) is 17.0 Å². The molecule has 0 fully saturated rings. The number of anilines is 2. The van der Waals surface area contributed by atoms with Crippen LogP contribution in [-0.4, -0.2) is 17.1 Å². The second-order valence-electron chi connectivity index (χ2n) is 5.56. The van der Waals surface area contributed by atoms with Crippen LogP contribution in [0.2, 0.25) is 0 Å². The first-order valence-corrected chi connectivity index (χ1v) is 8.91. The quantitative estimate of drug-likeness (QED) is 0.644. The zero-order valence-electron chi connectivity index (χ0n) is 14.2. The SMILES string of the molecule is COc1ccccc1-c1nc(Nc2cccc(CSN)c2)ncc1C. The molecule has 0 radical (unpaired) electrons. The number of methoxy groups -OCH3 is 1. The third-order valence-electron chi connectivity index (χ3n) is 3.77. The standard InChI is InChI=1S/C19H20N4OS/c1-13-11-21-19(22-15-7-5-6-14(10-15)12-25-20)23-18(13)16-8-3-4-9-17(16)24-2/h3-11H,12,20H2,1-2H3,(H,21,22,23). The number of ether oxygens (including phenoxy) is 1. The van der Waals surface area contributed by atoms with E-state index in [1.807, 2.05) is 61.7 Å². The van der Waals surface area contributed by atoms with Gasteiger partial charge in [-0.05, 0) is 42.3 Å². The van der Waals surface area contributed by atoms with Crippen molar-refractivity contribution in [3.05, 3.63) is 65.9 Å². The van der Waals surface area contributed by atoms with E-state index in [2.05, 4.69) is 15.3 Å². The number of benzene rings is 2. The summed E-state index contributed by atoms with van der Waals surface area (Å²) in [6, 6.07) is 15.9. The summed E-state index contributed by atoms with van der Waals surface area (Å²) in [6.07, 6.45) is 1.82. The molecule has 5 nitrogen and oxygen atoms in total. The number of para-hydroxylation sites is 1. The number of aromatic nitrogens is 2. The Morgan fingerprint density at radius 1 is 1.16 bits per heavy atom. The van der Waals surface area contributed by atoms with Crippen LogP contribution in [0.15, 0.2) is 54.7 Å². The molecule has 0 aliphatic heterocycles. The Labute approximate surface area is 151 Å². The van der Waals surface area contributed by atoms with Gasteiger partial charge >= 0.3 is 0 Å². The van der Waals surface area contributed by atoms with E-state index in [1.165, 1.54) is 11.9 Å². The maximum Gasteiger partial charge on any atom is 0.227 e. The van der Waals surface area contributed by atoms with Gasteiger partial charge in [0, 0.05) is 23.2 Å². The molecule has 0 aliphatic rings. The monoisotopic (exact) mass is 352 g/mol. The highest BCUT2D eigenvalue weighted by atomic mass is 32.2. The molecule has 6 heteroatoms. The normalized spacial score (nSPS) is 10.5. The molecule has 0 spiro atoms. The Morgan fingerprint density at radius 3 is 2.80 bits per heavy atom. The zero-order valence-corrected chi connectivity index (χ0v) is 15.0. The second kappa shape index (κ2) is 8.00. The lowest BCUT2D eigenvalue weighted by Gasteiger charge is -2.12. The van der Waals surface area contributed by atoms with Crippen LogP contribution in [0.3, 0.4) is 0 Å². The molecule has 0 amide bonds. The number of aryl methyl sites for hydroxylation is 1. The minimum atomic E-state index is 0.545. The summed E-state index contributed by atoms with van der Waals surface area (Å²) in [5.41, 5.74) is 4.86. The second-order valence-corrected chi connectivity index (χ2v) is 6.18. The van der Waals surface area contributed by atoms with Crippen molar-refractivity contribution in [2.45, 2.75) is 12.7 Å². The van der Waals surface area contributed by atoms with E-state index in [1.54, 1.807) is 7.11 Å². The number of hydrogen-bond acceptors (Lipinski definition) is 6. The average molecular weight is 352 g/mol. The number of nitrogens with one attached hydrogen (secondary N) is 1. The maximum atomic E-state index is 5.55. The number of nitrogens with two attached hydrogens (primary N) is 1. The van der Waals surface area contributed by atoms with Crippen LogP contribution in [-0.2, 0) is 5.75 Å². The molecule has 0 aliphatic carbocycles. The molecule has 3 aromatic rings. The summed E-state index contributed by atoms with van der Waals surface area (Å²) in [4.78, 5) is 9.09. The van der Waals surface area contributed by atoms with Gasteiger partial charge in [-0.1, -0.05) is 36.2 Å². The first-order valence-electron chi connectivity index (χ1n) is 7.86. The van der Waals surface area contributed by atoms with E-state index < -0.39 is 0 Å². The summed E-state index contributed by atoms with van der Waals surface area (Å²) >= 11 is 1.30. The van der Waals surface area contributed by atoms with Crippen molar-refractivity contribution in [2.75, 3.05) is 12.4 Å². The van der Waals surface area contributed by atoms with Gasteiger partial charge in [-0.25, -0.2) is 9.97 Å². The van der Waals surface area contributed by atoms with Gasteiger partial charge in [-0.15, -0.1) is 0 Å². The summed E-state index contributed by atoms with van der Waals surface area (Å²) in [5.74, 6) is 2.10. The molecule has 3 N–H and O–H groups in total. The number of nitrogens with zero attached hydrogens (tertiary/aromatic N) is 2. The molecule has 0 saturated heterocycles. The summed E-state index contributed by atoms with van der Waals surface area (Å²) < 4.78 is 5.46. The predicted molar refractivity (Wildman–Crippen MR) is 104 cm³/mol. The molecule has 0 saturated carbocycles. The van der Waals surface area contributed by atoms with Gasteiger partial charge in [0.05, 0.1) is 12.8 Å². The Bertz CT molecular complexity index is 870. The largest absolute Gasteiger partial charge is 0.496 e. The predicted octanol–water partition coefficient (Wildman–Crippen LogP) is 4.31. The summed E-state index contributed by atoms with van der Waals surface area (Å²) in [6.45, 7) is 1.99. The topological polar surface area (TPSA) is 73.1 Å². The fourth-order valence-corrected chi connectivity index (χ4v) is 2.95. The molecule has 0 bridgehead atoms. The molecule has 1 heterocycles. The van der Waals surface area contributed by atoms with Crippen LogP contribution in [0, 0.1) is 6.92 Å². The lowest BCUT2D eigenvalue weighted by atomic mass is 10.1. The molecule has 2 aromatic carbocycles. The fraction of sp³-hybridized carbons (Fsp3) is 0.158. The van der Waals surface area contributed by atoms with Crippen LogP contribution in [0.5, 0.6) is 5.75 Å². The van der Waals surface area contributed by atoms with Crippen molar-refractivity contribution < 1.29 is 4.74 Å². The molecule has 128 valence electrons. The van der Waals surface area contributed by atoms with E-state index in [9.17, 15) is 0 Å². The van der Waals surface area contributed by atoms with Crippen LogP contribution in [0.4, 0.5) is 11.6 Å². The van der Waals surface area contributed by atoms with E-state index >= 15 is 0 Å². The lowest BCUT2D eigenvalue weighted by Crippen LogP contribution is -2.01. The molecule has 0 unspecified atom stereocenters. The van der Waals surface area contributed by atoms with Gasteiger partial charge in [0.25, 0.3) is 0 Å². The van der Waals surface area contributed by atoms with E-state index in [4.69, 9.17) is 9.88 Å². The molecular formula is C19H20N4OS. The first kappa shape index (κ1) is 17.3. The third kappa shape index (κ3) is 4.10.